The van der Waals surface area contributed by atoms with E-state index in [2.05, 4.69) is 60.4 Å². The van der Waals surface area contributed by atoms with Crippen LogP contribution in [0.25, 0.3) is 0 Å². The lowest BCUT2D eigenvalue weighted by Gasteiger charge is -2.16. The highest BCUT2D eigenvalue weighted by atomic mass is 15.3. The molecule has 1 atom stereocenters. The number of nitrogens with one attached hydrogen (secondary N) is 1. The molecule has 0 aliphatic rings. The Morgan fingerprint density at radius 1 is 1.33 bits per heavy atom. The Morgan fingerprint density at radius 2 is 2.11 bits per heavy atom. The smallest absolute Gasteiger partial charge is 0.140 e. The summed E-state index contributed by atoms with van der Waals surface area (Å²) in [6.45, 7) is 7.99. The molecule has 0 unspecified atom stereocenters. The van der Waals surface area contributed by atoms with Crippen molar-refractivity contribution in [2.75, 3.05) is 0 Å². The van der Waals surface area contributed by atoms with Crippen molar-refractivity contribution in [3.8, 4) is 0 Å². The Balaban J connectivity index is 2.01. The summed E-state index contributed by atoms with van der Waals surface area (Å²) in [5.41, 5.74) is 2.65. The molecule has 0 aliphatic carbocycles. The molecule has 1 N–H and O–H groups in total. The normalized spacial score (nSPS) is 12.6. The molecule has 1 heterocycles. The van der Waals surface area contributed by atoms with Crippen LogP contribution in [-0.2, 0) is 13.1 Å². The fourth-order valence-electron chi connectivity index (χ4n) is 2.12. The Bertz CT molecular complexity index is 504. The maximum Gasteiger partial charge on any atom is 0.140 e. The Hall–Kier alpha value is -1.68. The summed E-state index contributed by atoms with van der Waals surface area (Å²) in [7, 11) is 0. The first-order chi connectivity index (χ1) is 8.72. The maximum absolute atomic E-state index is 4.26. The van der Waals surface area contributed by atoms with Crippen LogP contribution in [0.5, 0.6) is 0 Å². The third-order valence-electron chi connectivity index (χ3n) is 3.22. The molecule has 2 rings (SSSR count). The largest absolute Gasteiger partial charge is 0.303 e. The molecule has 0 spiro atoms. The number of benzene rings is 1. The number of aryl methyl sites for hydroxylation is 2. The van der Waals surface area contributed by atoms with Crippen molar-refractivity contribution < 1.29 is 0 Å². The van der Waals surface area contributed by atoms with Crippen LogP contribution in [0.4, 0.5) is 0 Å². The fourth-order valence-corrected chi connectivity index (χ4v) is 2.12. The van der Waals surface area contributed by atoms with Gasteiger partial charge in [0.2, 0.25) is 0 Å². The van der Waals surface area contributed by atoms with E-state index in [9.17, 15) is 0 Å². The second kappa shape index (κ2) is 5.78. The van der Waals surface area contributed by atoms with Gasteiger partial charge in [-0.05, 0) is 31.9 Å². The molecule has 0 fully saturated rings. The van der Waals surface area contributed by atoms with Crippen molar-refractivity contribution in [3.05, 3.63) is 47.5 Å². The molecule has 1 aromatic carbocycles. The molecule has 18 heavy (non-hydrogen) atoms. The molecule has 4 heteroatoms. The predicted molar refractivity (Wildman–Crippen MR) is 72.1 cm³/mol. The average Bonchev–Trinajstić information content (AvgIpc) is 2.84. The number of aromatic nitrogens is 3. The molecule has 0 saturated heterocycles. The quantitative estimate of drug-likeness (QED) is 0.878. The summed E-state index contributed by atoms with van der Waals surface area (Å²) < 4.78 is 1.91. The van der Waals surface area contributed by atoms with Crippen molar-refractivity contribution in [2.24, 2.45) is 0 Å². The van der Waals surface area contributed by atoms with E-state index < -0.39 is 0 Å². The van der Waals surface area contributed by atoms with Crippen molar-refractivity contribution in [1.82, 2.24) is 20.1 Å². The standard InChI is InChI=1S/C14H20N4/c1-4-18-14(16-10-17-18)9-15-12(3)13-8-6-5-7-11(13)2/h5-8,10,12,15H,4,9H2,1-3H3/t12-/m0/s1. The summed E-state index contributed by atoms with van der Waals surface area (Å²) in [5, 5.41) is 7.66. The Kier molecular flexibility index (Phi) is 4.10. The van der Waals surface area contributed by atoms with Crippen LogP contribution in [-0.4, -0.2) is 14.8 Å². The van der Waals surface area contributed by atoms with Crippen molar-refractivity contribution in [1.29, 1.82) is 0 Å². The van der Waals surface area contributed by atoms with Crippen LogP contribution in [0.1, 0.15) is 36.8 Å². The van der Waals surface area contributed by atoms with Crippen LogP contribution in [0, 0.1) is 6.92 Å². The van der Waals surface area contributed by atoms with Gasteiger partial charge in [0.1, 0.15) is 12.2 Å². The third-order valence-corrected chi connectivity index (χ3v) is 3.22. The zero-order chi connectivity index (χ0) is 13.0. The van der Waals surface area contributed by atoms with Gasteiger partial charge in [0, 0.05) is 12.6 Å². The zero-order valence-corrected chi connectivity index (χ0v) is 11.2. The summed E-state index contributed by atoms with van der Waals surface area (Å²) in [6, 6.07) is 8.77. The van der Waals surface area contributed by atoms with Crippen LogP contribution < -0.4 is 5.32 Å². The van der Waals surface area contributed by atoms with Gasteiger partial charge < -0.3 is 5.32 Å². The number of hydrogen-bond acceptors (Lipinski definition) is 3. The maximum atomic E-state index is 4.26. The van der Waals surface area contributed by atoms with E-state index in [0.717, 1.165) is 18.9 Å². The molecule has 1 aromatic heterocycles. The highest BCUT2D eigenvalue weighted by molar-refractivity contribution is 5.28. The minimum absolute atomic E-state index is 0.313. The zero-order valence-electron chi connectivity index (χ0n) is 11.2. The van der Waals surface area contributed by atoms with Gasteiger partial charge in [-0.2, -0.15) is 5.10 Å². The van der Waals surface area contributed by atoms with E-state index in [0.29, 0.717) is 6.04 Å². The highest BCUT2D eigenvalue weighted by Crippen LogP contribution is 2.16. The second-order valence-corrected chi connectivity index (χ2v) is 4.45. The van der Waals surface area contributed by atoms with E-state index in [-0.39, 0.29) is 0 Å². The van der Waals surface area contributed by atoms with Gasteiger partial charge in [0.15, 0.2) is 0 Å². The van der Waals surface area contributed by atoms with E-state index in [1.165, 1.54) is 11.1 Å². The fraction of sp³-hybridized carbons (Fsp3) is 0.429. The summed E-state index contributed by atoms with van der Waals surface area (Å²) in [5.74, 6) is 0.984. The first kappa shape index (κ1) is 12.8. The molecule has 2 aromatic rings. The highest BCUT2D eigenvalue weighted by Gasteiger charge is 2.09. The molecule has 0 bridgehead atoms. The number of nitrogens with zero attached hydrogens (tertiary/aromatic N) is 3. The molecule has 0 aliphatic heterocycles. The van der Waals surface area contributed by atoms with Crippen molar-refractivity contribution in [2.45, 2.75) is 39.9 Å². The van der Waals surface area contributed by atoms with Gasteiger partial charge in [0.25, 0.3) is 0 Å². The van der Waals surface area contributed by atoms with E-state index in [1.54, 1.807) is 6.33 Å². The van der Waals surface area contributed by atoms with Crippen molar-refractivity contribution in [3.63, 3.8) is 0 Å². The average molecular weight is 244 g/mol. The lowest BCUT2D eigenvalue weighted by molar-refractivity contribution is 0.522. The lowest BCUT2D eigenvalue weighted by Crippen LogP contribution is -2.21. The minimum atomic E-state index is 0.313. The lowest BCUT2D eigenvalue weighted by atomic mass is 10.0. The number of rotatable bonds is 5. The SMILES string of the molecule is CCn1ncnc1CN[C@@H](C)c1ccccc1C. The summed E-state index contributed by atoms with van der Waals surface area (Å²) >= 11 is 0. The Labute approximate surface area is 108 Å². The van der Waals surface area contributed by atoms with E-state index >= 15 is 0 Å². The molecular formula is C14H20N4. The molecule has 0 amide bonds. The monoisotopic (exact) mass is 244 g/mol. The first-order valence-electron chi connectivity index (χ1n) is 6.38. The molecule has 0 radical (unpaired) electrons. The molecule has 96 valence electrons. The molecular weight excluding hydrogens is 224 g/mol. The third kappa shape index (κ3) is 2.76. The molecule has 4 nitrogen and oxygen atoms in total. The van der Waals surface area contributed by atoms with Crippen LogP contribution in [0.3, 0.4) is 0 Å². The van der Waals surface area contributed by atoms with Crippen LogP contribution >= 0.6 is 0 Å². The van der Waals surface area contributed by atoms with Crippen molar-refractivity contribution >= 4 is 0 Å². The van der Waals surface area contributed by atoms with Gasteiger partial charge >= 0.3 is 0 Å². The predicted octanol–water partition coefficient (Wildman–Crippen LogP) is 2.46. The van der Waals surface area contributed by atoms with Gasteiger partial charge in [-0.3, -0.25) is 0 Å². The van der Waals surface area contributed by atoms with Gasteiger partial charge in [-0.25, -0.2) is 9.67 Å². The van der Waals surface area contributed by atoms with Crippen LogP contribution in [0.2, 0.25) is 0 Å². The van der Waals surface area contributed by atoms with Crippen LogP contribution in [0.15, 0.2) is 30.6 Å². The summed E-state index contributed by atoms with van der Waals surface area (Å²) in [6.07, 6.45) is 1.61. The van der Waals surface area contributed by atoms with Gasteiger partial charge in [-0.1, -0.05) is 24.3 Å². The van der Waals surface area contributed by atoms with E-state index in [4.69, 9.17) is 0 Å². The van der Waals surface area contributed by atoms with E-state index in [1.807, 2.05) is 4.68 Å². The summed E-state index contributed by atoms with van der Waals surface area (Å²) in [4.78, 5) is 4.26. The van der Waals surface area contributed by atoms with Gasteiger partial charge in [-0.15, -0.1) is 0 Å². The Morgan fingerprint density at radius 3 is 2.83 bits per heavy atom. The number of hydrogen-bond donors (Lipinski definition) is 1. The molecule has 0 saturated carbocycles. The van der Waals surface area contributed by atoms with Gasteiger partial charge in [0.05, 0.1) is 6.54 Å². The first-order valence-corrected chi connectivity index (χ1v) is 6.38. The minimum Gasteiger partial charge on any atom is -0.303 e. The second-order valence-electron chi connectivity index (χ2n) is 4.45. The topological polar surface area (TPSA) is 42.7 Å².